The summed E-state index contributed by atoms with van der Waals surface area (Å²) < 4.78 is 10.2. The number of hydrogen-bond donors (Lipinski definition) is 2. The molecule has 0 unspecified atom stereocenters. The average Bonchev–Trinajstić information content (AvgIpc) is 3.11. The predicted molar refractivity (Wildman–Crippen MR) is 120 cm³/mol. The van der Waals surface area contributed by atoms with Gasteiger partial charge in [-0.3, -0.25) is 9.59 Å². The van der Waals surface area contributed by atoms with E-state index in [0.717, 1.165) is 47.3 Å². The molecule has 1 aliphatic rings. The third kappa shape index (κ3) is 5.51. The number of esters is 1. The average molecular weight is 445 g/mol. The number of rotatable bonds is 8. The third-order valence-corrected chi connectivity index (χ3v) is 6.61. The third-order valence-electron chi connectivity index (χ3n) is 5.40. The maximum absolute atomic E-state index is 12.8. The molecule has 3 rings (SSSR count). The minimum Gasteiger partial charge on any atom is -0.452 e. The van der Waals surface area contributed by atoms with Gasteiger partial charge in [-0.15, -0.1) is 11.3 Å². The van der Waals surface area contributed by atoms with Gasteiger partial charge in [-0.25, -0.2) is 4.79 Å². The molecule has 2 amide bonds. The van der Waals surface area contributed by atoms with Crippen molar-refractivity contribution in [2.75, 3.05) is 32.2 Å². The maximum atomic E-state index is 12.8. The van der Waals surface area contributed by atoms with E-state index >= 15 is 0 Å². The number of ether oxygens (including phenoxy) is 2. The highest BCUT2D eigenvalue weighted by molar-refractivity contribution is 7.17. The lowest BCUT2D eigenvalue weighted by Gasteiger charge is -2.13. The van der Waals surface area contributed by atoms with Crippen LogP contribution in [0.3, 0.4) is 0 Å². The standard InChI is InChI=1S/C23H28N2O5S/c1-14-7-6-9-16(15(14)2)23(28)30-13-19(26)25-22-20(21(27)24-11-12-29-3)17-8-4-5-10-18(17)31-22/h6-7,9H,4-5,8,10-13H2,1-3H3,(H,24,27)(H,25,26). The molecule has 2 N–H and O–H groups in total. The van der Waals surface area contributed by atoms with Crippen LogP contribution in [0.1, 0.15) is 55.1 Å². The number of aryl methyl sites for hydroxylation is 2. The molecule has 1 aliphatic carbocycles. The highest BCUT2D eigenvalue weighted by atomic mass is 32.1. The number of benzene rings is 1. The Morgan fingerprint density at radius 2 is 1.90 bits per heavy atom. The number of carbonyl (C=O) groups is 3. The first kappa shape index (κ1) is 23.0. The van der Waals surface area contributed by atoms with Crippen LogP contribution in [0.4, 0.5) is 5.00 Å². The van der Waals surface area contributed by atoms with E-state index < -0.39 is 18.5 Å². The molecule has 0 bridgehead atoms. The number of thiophene rings is 1. The zero-order chi connectivity index (χ0) is 22.4. The van der Waals surface area contributed by atoms with E-state index in [9.17, 15) is 14.4 Å². The summed E-state index contributed by atoms with van der Waals surface area (Å²) >= 11 is 1.43. The number of nitrogens with one attached hydrogen (secondary N) is 2. The van der Waals surface area contributed by atoms with Gasteiger partial charge >= 0.3 is 5.97 Å². The zero-order valence-electron chi connectivity index (χ0n) is 18.1. The molecule has 166 valence electrons. The minimum absolute atomic E-state index is 0.223. The lowest BCUT2D eigenvalue weighted by Crippen LogP contribution is -2.29. The van der Waals surface area contributed by atoms with E-state index in [1.807, 2.05) is 19.9 Å². The van der Waals surface area contributed by atoms with Crippen molar-refractivity contribution in [2.45, 2.75) is 39.5 Å². The van der Waals surface area contributed by atoms with E-state index in [1.54, 1.807) is 19.2 Å². The van der Waals surface area contributed by atoms with Gasteiger partial charge in [0.15, 0.2) is 6.61 Å². The quantitative estimate of drug-likeness (QED) is 0.481. The Hall–Kier alpha value is -2.71. The summed E-state index contributed by atoms with van der Waals surface area (Å²) in [4.78, 5) is 38.8. The zero-order valence-corrected chi connectivity index (χ0v) is 18.9. The van der Waals surface area contributed by atoms with Crippen LogP contribution in [0.5, 0.6) is 0 Å². The molecule has 1 heterocycles. The molecule has 1 aromatic heterocycles. The van der Waals surface area contributed by atoms with Crippen LogP contribution in [-0.4, -0.2) is 44.7 Å². The Kier molecular flexibility index (Phi) is 7.81. The Morgan fingerprint density at radius 3 is 2.68 bits per heavy atom. The Labute approximate surface area is 186 Å². The second kappa shape index (κ2) is 10.5. The second-order valence-electron chi connectivity index (χ2n) is 7.54. The van der Waals surface area contributed by atoms with Crippen LogP contribution >= 0.6 is 11.3 Å². The molecule has 31 heavy (non-hydrogen) atoms. The molecule has 0 atom stereocenters. The van der Waals surface area contributed by atoms with Crippen molar-refractivity contribution in [3.63, 3.8) is 0 Å². The van der Waals surface area contributed by atoms with Gasteiger partial charge < -0.3 is 20.1 Å². The van der Waals surface area contributed by atoms with Gasteiger partial charge in [0.05, 0.1) is 17.7 Å². The van der Waals surface area contributed by atoms with Crippen LogP contribution in [0, 0.1) is 13.8 Å². The van der Waals surface area contributed by atoms with Crippen LogP contribution in [0.2, 0.25) is 0 Å². The predicted octanol–water partition coefficient (Wildman–Crippen LogP) is 3.42. The van der Waals surface area contributed by atoms with Gasteiger partial charge in [-0.05, 0) is 62.3 Å². The monoisotopic (exact) mass is 444 g/mol. The summed E-state index contributed by atoms with van der Waals surface area (Å²) in [5.74, 6) is -1.23. The SMILES string of the molecule is COCCNC(=O)c1c(NC(=O)COC(=O)c2cccc(C)c2C)sc2c1CCCC2. The second-order valence-corrected chi connectivity index (χ2v) is 8.64. The van der Waals surface area contributed by atoms with E-state index in [2.05, 4.69) is 10.6 Å². The number of anilines is 1. The van der Waals surface area contributed by atoms with E-state index in [4.69, 9.17) is 9.47 Å². The maximum Gasteiger partial charge on any atom is 0.338 e. The van der Waals surface area contributed by atoms with E-state index in [-0.39, 0.29) is 5.91 Å². The molecule has 2 aromatic rings. The first-order chi connectivity index (χ1) is 14.9. The molecule has 0 fully saturated rings. The highest BCUT2D eigenvalue weighted by Gasteiger charge is 2.26. The van der Waals surface area contributed by atoms with Gasteiger partial charge in [0, 0.05) is 18.5 Å². The number of methoxy groups -OCH3 is 1. The fourth-order valence-electron chi connectivity index (χ4n) is 3.59. The van der Waals surface area contributed by atoms with Gasteiger partial charge in [-0.1, -0.05) is 12.1 Å². The van der Waals surface area contributed by atoms with Crippen LogP contribution < -0.4 is 10.6 Å². The lowest BCUT2D eigenvalue weighted by atomic mass is 9.95. The van der Waals surface area contributed by atoms with Gasteiger partial charge in [0.2, 0.25) is 0 Å². The van der Waals surface area contributed by atoms with Crippen molar-refractivity contribution >= 4 is 34.1 Å². The van der Waals surface area contributed by atoms with Crippen molar-refractivity contribution in [3.05, 3.63) is 50.9 Å². The lowest BCUT2D eigenvalue weighted by molar-refractivity contribution is -0.119. The van der Waals surface area contributed by atoms with E-state index in [1.165, 1.54) is 11.3 Å². The largest absolute Gasteiger partial charge is 0.452 e. The molecular formula is C23H28N2O5S. The Balaban J connectivity index is 1.69. The smallest absolute Gasteiger partial charge is 0.338 e. The van der Waals surface area contributed by atoms with Gasteiger partial charge in [-0.2, -0.15) is 0 Å². The van der Waals surface area contributed by atoms with Crippen molar-refractivity contribution in [1.82, 2.24) is 5.32 Å². The topological polar surface area (TPSA) is 93.7 Å². The number of carbonyl (C=O) groups excluding carboxylic acids is 3. The summed E-state index contributed by atoms with van der Waals surface area (Å²) in [5, 5.41) is 6.13. The molecule has 7 nitrogen and oxygen atoms in total. The number of fused-ring (bicyclic) bond motifs is 1. The van der Waals surface area contributed by atoms with Crippen molar-refractivity contribution < 1.29 is 23.9 Å². The molecule has 1 aromatic carbocycles. The van der Waals surface area contributed by atoms with Crippen LogP contribution in [-0.2, 0) is 27.1 Å². The minimum atomic E-state index is -0.542. The summed E-state index contributed by atoms with van der Waals surface area (Å²) in [7, 11) is 1.57. The molecule has 0 saturated carbocycles. The highest BCUT2D eigenvalue weighted by Crippen LogP contribution is 2.38. The molecule has 0 saturated heterocycles. The number of hydrogen-bond acceptors (Lipinski definition) is 6. The van der Waals surface area contributed by atoms with Crippen molar-refractivity contribution in [1.29, 1.82) is 0 Å². The fourth-order valence-corrected chi connectivity index (χ4v) is 4.90. The van der Waals surface area contributed by atoms with Gasteiger partial charge in [0.25, 0.3) is 11.8 Å². The normalized spacial score (nSPS) is 12.7. The van der Waals surface area contributed by atoms with Crippen molar-refractivity contribution in [3.8, 4) is 0 Å². The number of amides is 2. The molecule has 0 radical (unpaired) electrons. The molecule has 0 spiro atoms. The Morgan fingerprint density at radius 1 is 1.13 bits per heavy atom. The van der Waals surface area contributed by atoms with Crippen molar-refractivity contribution in [2.24, 2.45) is 0 Å². The van der Waals surface area contributed by atoms with Crippen LogP contribution in [0.25, 0.3) is 0 Å². The first-order valence-corrected chi connectivity index (χ1v) is 11.2. The first-order valence-electron chi connectivity index (χ1n) is 10.4. The van der Waals surface area contributed by atoms with E-state index in [0.29, 0.717) is 29.3 Å². The molecule has 8 heteroatoms. The molecule has 0 aliphatic heterocycles. The molecular weight excluding hydrogens is 416 g/mol. The summed E-state index contributed by atoms with van der Waals surface area (Å²) in [5.41, 5.74) is 3.78. The summed E-state index contributed by atoms with van der Waals surface area (Å²) in [6.45, 7) is 4.14. The Bertz CT molecular complexity index is 983. The van der Waals surface area contributed by atoms with Crippen LogP contribution in [0.15, 0.2) is 18.2 Å². The summed E-state index contributed by atoms with van der Waals surface area (Å²) in [6, 6.07) is 5.37. The summed E-state index contributed by atoms with van der Waals surface area (Å²) in [6.07, 6.45) is 3.80. The van der Waals surface area contributed by atoms with Gasteiger partial charge in [0.1, 0.15) is 5.00 Å². The fraction of sp³-hybridized carbons (Fsp3) is 0.435.